The summed E-state index contributed by atoms with van der Waals surface area (Å²) in [6.45, 7) is 1.64. The van der Waals surface area contributed by atoms with Gasteiger partial charge in [0.15, 0.2) is 0 Å². The lowest BCUT2D eigenvalue weighted by Gasteiger charge is -2.30. The minimum atomic E-state index is -0.821. The molecule has 206 valence electrons. The summed E-state index contributed by atoms with van der Waals surface area (Å²) in [6, 6.07) is 22.0. The van der Waals surface area contributed by atoms with Gasteiger partial charge in [0.1, 0.15) is 18.7 Å². The van der Waals surface area contributed by atoms with E-state index < -0.39 is 12.1 Å². The van der Waals surface area contributed by atoms with Crippen molar-refractivity contribution in [3.05, 3.63) is 83.9 Å². The number of rotatable bonds is 11. The Labute approximate surface area is 230 Å². The topological polar surface area (TPSA) is 99.8 Å². The summed E-state index contributed by atoms with van der Waals surface area (Å²) in [5.74, 6) is -0.945. The first-order chi connectivity index (χ1) is 18.9. The van der Waals surface area contributed by atoms with E-state index in [0.717, 1.165) is 47.8 Å². The molecule has 1 fully saturated rings. The Balaban J connectivity index is 1.53. The van der Waals surface area contributed by atoms with Crippen LogP contribution in [0.15, 0.2) is 72.8 Å². The van der Waals surface area contributed by atoms with Crippen LogP contribution < -0.4 is 16.0 Å². The Kier molecular flexibility index (Phi) is 10.1. The van der Waals surface area contributed by atoms with Gasteiger partial charge in [-0.25, -0.2) is 0 Å². The van der Waals surface area contributed by atoms with Crippen molar-refractivity contribution < 1.29 is 19.1 Å². The Morgan fingerprint density at radius 2 is 1.59 bits per heavy atom. The molecular formula is C31H38N4O4. The maximum atomic E-state index is 13.7. The van der Waals surface area contributed by atoms with Crippen LogP contribution in [0.3, 0.4) is 0 Å². The van der Waals surface area contributed by atoms with Gasteiger partial charge in [-0.15, -0.1) is 0 Å². The zero-order valence-electron chi connectivity index (χ0n) is 22.7. The molecule has 2 atom stereocenters. The van der Waals surface area contributed by atoms with Crippen molar-refractivity contribution >= 4 is 28.5 Å². The van der Waals surface area contributed by atoms with Crippen molar-refractivity contribution in [1.29, 1.82) is 0 Å². The van der Waals surface area contributed by atoms with E-state index in [9.17, 15) is 14.4 Å². The lowest BCUT2D eigenvalue weighted by Crippen LogP contribution is -2.55. The monoisotopic (exact) mass is 530 g/mol. The maximum absolute atomic E-state index is 13.7. The highest BCUT2D eigenvalue weighted by molar-refractivity contribution is 5.92. The summed E-state index contributed by atoms with van der Waals surface area (Å²) >= 11 is 0. The molecule has 3 aromatic carbocycles. The van der Waals surface area contributed by atoms with Gasteiger partial charge in [0.05, 0.1) is 6.10 Å². The van der Waals surface area contributed by atoms with Crippen molar-refractivity contribution in [2.24, 2.45) is 0 Å². The smallest absolute Gasteiger partial charge is 0.249 e. The fourth-order valence-electron chi connectivity index (χ4n) is 4.92. The third-order valence-electron chi connectivity index (χ3n) is 7.30. The van der Waals surface area contributed by atoms with Crippen LogP contribution in [0.25, 0.3) is 10.8 Å². The van der Waals surface area contributed by atoms with E-state index in [0.29, 0.717) is 12.8 Å². The first-order valence-corrected chi connectivity index (χ1v) is 13.6. The summed E-state index contributed by atoms with van der Waals surface area (Å²) < 4.78 is 5.89. The second kappa shape index (κ2) is 13.9. The highest BCUT2D eigenvalue weighted by atomic mass is 16.5. The molecule has 8 nitrogen and oxygen atoms in total. The third-order valence-corrected chi connectivity index (χ3v) is 7.30. The molecule has 3 N–H and O–H groups in total. The van der Waals surface area contributed by atoms with E-state index in [1.165, 1.54) is 4.90 Å². The van der Waals surface area contributed by atoms with Crippen LogP contribution in [-0.2, 0) is 32.0 Å². The van der Waals surface area contributed by atoms with Crippen molar-refractivity contribution in [1.82, 2.24) is 20.9 Å². The average Bonchev–Trinajstić information content (AvgIpc) is 2.98. The Morgan fingerprint density at radius 1 is 0.897 bits per heavy atom. The SMILES string of the molecule is CNC(=O)[C@@H](Cc1ccccc1)NC(=O)[C@@H](Cc1ccc2ccccc2c1)N(C)C(=O)COC1CCNCC1. The number of nitrogens with zero attached hydrogens (tertiary/aromatic N) is 1. The van der Waals surface area contributed by atoms with Crippen LogP contribution in [0.4, 0.5) is 0 Å². The Bertz CT molecular complexity index is 1260. The van der Waals surface area contributed by atoms with Crippen LogP contribution >= 0.6 is 0 Å². The third kappa shape index (κ3) is 7.88. The van der Waals surface area contributed by atoms with Crippen LogP contribution in [0, 0.1) is 0 Å². The molecule has 1 saturated heterocycles. The Morgan fingerprint density at radius 3 is 2.31 bits per heavy atom. The number of fused-ring (bicyclic) bond motifs is 1. The van der Waals surface area contributed by atoms with Gasteiger partial charge in [0.2, 0.25) is 17.7 Å². The maximum Gasteiger partial charge on any atom is 0.249 e. The van der Waals surface area contributed by atoms with Crippen molar-refractivity contribution in [3.63, 3.8) is 0 Å². The summed E-state index contributed by atoms with van der Waals surface area (Å²) in [6.07, 6.45) is 2.37. The van der Waals surface area contributed by atoms with Gasteiger partial charge in [-0.1, -0.05) is 72.8 Å². The quantitative estimate of drug-likeness (QED) is 0.354. The molecule has 0 aromatic heterocycles. The molecule has 0 aliphatic carbocycles. The van der Waals surface area contributed by atoms with E-state index in [2.05, 4.69) is 16.0 Å². The summed E-state index contributed by atoms with van der Waals surface area (Å²) in [5.41, 5.74) is 1.85. The van der Waals surface area contributed by atoms with E-state index in [1.807, 2.05) is 72.8 Å². The number of ether oxygens (including phenoxy) is 1. The number of carbonyl (C=O) groups excluding carboxylic acids is 3. The molecule has 0 radical (unpaired) electrons. The second-order valence-corrected chi connectivity index (χ2v) is 10.0. The van der Waals surface area contributed by atoms with Crippen LogP contribution in [-0.4, -0.2) is 74.6 Å². The number of piperidine rings is 1. The lowest BCUT2D eigenvalue weighted by atomic mass is 9.99. The summed E-state index contributed by atoms with van der Waals surface area (Å²) in [4.78, 5) is 41.2. The molecule has 3 aromatic rings. The predicted octanol–water partition coefficient (Wildman–Crippen LogP) is 2.45. The van der Waals surface area contributed by atoms with E-state index in [-0.39, 0.29) is 30.4 Å². The molecular weight excluding hydrogens is 492 g/mol. The minimum Gasteiger partial charge on any atom is -0.368 e. The van der Waals surface area contributed by atoms with E-state index in [4.69, 9.17) is 4.74 Å². The van der Waals surface area contributed by atoms with Crippen molar-refractivity contribution in [2.75, 3.05) is 33.8 Å². The molecule has 1 aliphatic heterocycles. The fourth-order valence-corrected chi connectivity index (χ4v) is 4.92. The number of amides is 3. The lowest BCUT2D eigenvalue weighted by molar-refractivity contribution is -0.144. The number of nitrogens with one attached hydrogen (secondary N) is 3. The Hall–Kier alpha value is -3.75. The van der Waals surface area contributed by atoms with Gasteiger partial charge in [-0.3, -0.25) is 14.4 Å². The number of benzene rings is 3. The van der Waals surface area contributed by atoms with Crippen molar-refractivity contribution in [3.8, 4) is 0 Å². The standard InChI is InChI=1S/C31H38N4O4/c1-32-30(37)27(19-22-8-4-3-5-9-22)34-31(38)28(20-23-12-13-24-10-6-7-11-25(24)18-23)35(2)29(36)21-39-26-14-16-33-17-15-26/h3-13,18,26-28,33H,14-17,19-21H2,1-2H3,(H,32,37)(H,34,38)/t27-,28-/m1/s1. The summed E-state index contributed by atoms with van der Waals surface area (Å²) in [7, 11) is 3.18. The van der Waals surface area contributed by atoms with E-state index >= 15 is 0 Å². The number of hydrogen-bond donors (Lipinski definition) is 3. The molecule has 4 rings (SSSR count). The number of hydrogen-bond acceptors (Lipinski definition) is 5. The van der Waals surface area contributed by atoms with Gasteiger partial charge in [-0.2, -0.15) is 0 Å². The van der Waals surface area contributed by atoms with Crippen molar-refractivity contribution in [2.45, 2.75) is 43.9 Å². The van der Waals surface area contributed by atoms with Crippen LogP contribution in [0.1, 0.15) is 24.0 Å². The molecule has 0 unspecified atom stereocenters. The second-order valence-electron chi connectivity index (χ2n) is 10.0. The first kappa shape index (κ1) is 28.3. The molecule has 0 bridgehead atoms. The largest absolute Gasteiger partial charge is 0.368 e. The number of likely N-dealkylation sites (N-methyl/N-ethyl adjacent to an activating group) is 2. The molecule has 39 heavy (non-hydrogen) atoms. The molecule has 0 spiro atoms. The van der Waals surface area contributed by atoms with Gasteiger partial charge in [-0.05, 0) is 47.8 Å². The highest BCUT2D eigenvalue weighted by Crippen LogP contribution is 2.19. The zero-order valence-corrected chi connectivity index (χ0v) is 22.7. The number of carbonyl (C=O) groups is 3. The predicted molar refractivity (Wildman–Crippen MR) is 152 cm³/mol. The summed E-state index contributed by atoms with van der Waals surface area (Å²) in [5, 5.41) is 11.0. The highest BCUT2D eigenvalue weighted by Gasteiger charge is 2.31. The average molecular weight is 531 g/mol. The molecule has 8 heteroatoms. The van der Waals surface area contributed by atoms with Gasteiger partial charge < -0.3 is 25.6 Å². The van der Waals surface area contributed by atoms with Gasteiger partial charge >= 0.3 is 0 Å². The molecule has 0 saturated carbocycles. The van der Waals surface area contributed by atoms with E-state index in [1.54, 1.807) is 14.1 Å². The normalized spacial score (nSPS) is 15.3. The van der Waals surface area contributed by atoms with Crippen LogP contribution in [0.2, 0.25) is 0 Å². The van der Waals surface area contributed by atoms with Crippen LogP contribution in [0.5, 0.6) is 0 Å². The fraction of sp³-hybridized carbons (Fsp3) is 0.387. The molecule has 3 amide bonds. The first-order valence-electron chi connectivity index (χ1n) is 13.6. The molecule has 1 aliphatic rings. The molecule has 1 heterocycles. The van der Waals surface area contributed by atoms with Gasteiger partial charge in [0, 0.05) is 26.9 Å². The minimum absolute atomic E-state index is 0.0277. The van der Waals surface area contributed by atoms with Gasteiger partial charge in [0.25, 0.3) is 0 Å². The zero-order chi connectivity index (χ0) is 27.6.